The summed E-state index contributed by atoms with van der Waals surface area (Å²) in [4.78, 5) is 4.25. The van der Waals surface area contributed by atoms with Gasteiger partial charge in [0.25, 0.3) is 0 Å². The van der Waals surface area contributed by atoms with E-state index in [0.717, 1.165) is 6.07 Å². The van der Waals surface area contributed by atoms with Crippen molar-refractivity contribution in [3.63, 3.8) is 0 Å². The van der Waals surface area contributed by atoms with Crippen LogP contribution in [-0.2, 0) is 12.7 Å². The molecule has 1 aromatic heterocycles. The van der Waals surface area contributed by atoms with E-state index >= 15 is 0 Å². The monoisotopic (exact) mass is 457 g/mol. The summed E-state index contributed by atoms with van der Waals surface area (Å²) in [6.45, 7) is 0.0687. The minimum absolute atomic E-state index is 0.0286. The zero-order valence-corrected chi connectivity index (χ0v) is 16.4. The molecule has 2 aromatic carbocycles. The summed E-state index contributed by atoms with van der Waals surface area (Å²) in [6.07, 6.45) is -4.46. The predicted molar refractivity (Wildman–Crippen MR) is 99.3 cm³/mol. The molecule has 0 atom stereocenters. The van der Waals surface area contributed by atoms with Crippen LogP contribution >= 0.6 is 15.9 Å². The molecular weight excluding hydrogens is 443 g/mol. The van der Waals surface area contributed by atoms with Crippen LogP contribution in [0.3, 0.4) is 0 Å². The summed E-state index contributed by atoms with van der Waals surface area (Å²) >= 11 is 2.91. The number of methoxy groups -OCH3 is 2. The van der Waals surface area contributed by atoms with Crippen LogP contribution in [0.15, 0.2) is 45.4 Å². The molecule has 0 aliphatic rings. The van der Waals surface area contributed by atoms with E-state index in [1.54, 1.807) is 18.2 Å². The van der Waals surface area contributed by atoms with Gasteiger partial charge in [-0.25, -0.2) is 0 Å². The lowest BCUT2D eigenvalue weighted by Gasteiger charge is -2.11. The van der Waals surface area contributed by atoms with E-state index in [4.69, 9.17) is 14.0 Å². The molecule has 0 spiro atoms. The van der Waals surface area contributed by atoms with Crippen molar-refractivity contribution >= 4 is 21.6 Å². The molecule has 3 aromatic rings. The second-order valence-electron chi connectivity index (χ2n) is 5.63. The van der Waals surface area contributed by atoms with Crippen molar-refractivity contribution in [2.45, 2.75) is 12.7 Å². The molecule has 0 saturated heterocycles. The summed E-state index contributed by atoms with van der Waals surface area (Å²) < 4.78 is 54.5. The average Bonchev–Trinajstić information content (AvgIpc) is 3.15. The number of rotatable bonds is 6. The molecule has 0 radical (unpaired) electrons. The zero-order chi connectivity index (χ0) is 20.3. The van der Waals surface area contributed by atoms with Crippen molar-refractivity contribution < 1.29 is 27.2 Å². The highest BCUT2D eigenvalue weighted by Gasteiger charge is 2.33. The Labute approximate surface area is 166 Å². The van der Waals surface area contributed by atoms with E-state index in [9.17, 15) is 13.2 Å². The number of anilines is 1. The van der Waals surface area contributed by atoms with Crippen LogP contribution in [0.25, 0.3) is 11.4 Å². The standard InChI is InChI=1S/C18H15BrF3N3O3/c1-26-14-6-3-10(7-15(14)27-2)17-24-16(28-25-17)9-23-11-4-5-13(19)12(8-11)18(20,21)22/h3-8,23H,9H2,1-2H3. The van der Waals surface area contributed by atoms with Crippen molar-refractivity contribution in [3.8, 4) is 22.9 Å². The molecule has 0 saturated carbocycles. The first-order valence-electron chi connectivity index (χ1n) is 7.97. The second kappa shape index (κ2) is 8.09. The molecule has 0 fully saturated rings. The molecule has 0 aliphatic carbocycles. The van der Waals surface area contributed by atoms with Gasteiger partial charge in [0.15, 0.2) is 11.5 Å². The maximum absolute atomic E-state index is 13.0. The normalized spacial score (nSPS) is 11.4. The minimum Gasteiger partial charge on any atom is -0.493 e. The van der Waals surface area contributed by atoms with Crippen LogP contribution < -0.4 is 14.8 Å². The fourth-order valence-electron chi connectivity index (χ4n) is 2.45. The average molecular weight is 458 g/mol. The van der Waals surface area contributed by atoms with Gasteiger partial charge in [0.1, 0.15) is 0 Å². The Morgan fingerprint density at radius 3 is 2.50 bits per heavy atom. The van der Waals surface area contributed by atoms with Gasteiger partial charge in [-0.1, -0.05) is 21.1 Å². The quantitative estimate of drug-likeness (QED) is 0.552. The number of alkyl halides is 3. The first-order valence-corrected chi connectivity index (χ1v) is 8.76. The van der Waals surface area contributed by atoms with Crippen LogP contribution in [0.1, 0.15) is 11.5 Å². The lowest BCUT2D eigenvalue weighted by molar-refractivity contribution is -0.138. The highest BCUT2D eigenvalue weighted by molar-refractivity contribution is 9.10. The Balaban J connectivity index is 1.74. The second-order valence-corrected chi connectivity index (χ2v) is 6.48. The molecule has 1 N–H and O–H groups in total. The topological polar surface area (TPSA) is 69.4 Å². The molecule has 3 rings (SSSR count). The Morgan fingerprint density at radius 2 is 1.82 bits per heavy atom. The molecule has 0 bridgehead atoms. The lowest BCUT2D eigenvalue weighted by atomic mass is 10.2. The third kappa shape index (κ3) is 4.38. The van der Waals surface area contributed by atoms with Gasteiger partial charge in [0, 0.05) is 15.7 Å². The Bertz CT molecular complexity index is 976. The van der Waals surface area contributed by atoms with Gasteiger partial charge in [-0.15, -0.1) is 0 Å². The van der Waals surface area contributed by atoms with Crippen molar-refractivity contribution in [3.05, 3.63) is 52.3 Å². The van der Waals surface area contributed by atoms with Gasteiger partial charge >= 0.3 is 6.18 Å². The highest BCUT2D eigenvalue weighted by atomic mass is 79.9. The van der Waals surface area contributed by atoms with Crippen LogP contribution in [0, 0.1) is 0 Å². The molecule has 1 heterocycles. The smallest absolute Gasteiger partial charge is 0.417 e. The molecule has 28 heavy (non-hydrogen) atoms. The van der Waals surface area contributed by atoms with Crippen LogP contribution in [-0.4, -0.2) is 24.4 Å². The Hall–Kier alpha value is -2.75. The molecule has 0 amide bonds. The van der Waals surface area contributed by atoms with E-state index in [1.165, 1.54) is 26.4 Å². The first-order chi connectivity index (χ1) is 13.3. The lowest BCUT2D eigenvalue weighted by Crippen LogP contribution is -2.07. The van der Waals surface area contributed by atoms with Crippen molar-refractivity contribution in [1.82, 2.24) is 10.1 Å². The summed E-state index contributed by atoms with van der Waals surface area (Å²) in [5.74, 6) is 1.62. The molecule has 0 unspecified atom stereocenters. The van der Waals surface area contributed by atoms with Gasteiger partial charge in [0.05, 0.1) is 26.3 Å². The van der Waals surface area contributed by atoms with E-state index in [2.05, 4.69) is 31.4 Å². The Kier molecular flexibility index (Phi) is 5.78. The summed E-state index contributed by atoms with van der Waals surface area (Å²) in [6, 6.07) is 9.01. The van der Waals surface area contributed by atoms with E-state index in [1.807, 2.05) is 0 Å². The largest absolute Gasteiger partial charge is 0.493 e. The third-order valence-corrected chi connectivity index (χ3v) is 4.52. The zero-order valence-electron chi connectivity index (χ0n) is 14.8. The van der Waals surface area contributed by atoms with E-state index < -0.39 is 11.7 Å². The van der Waals surface area contributed by atoms with Crippen molar-refractivity contribution in [1.29, 1.82) is 0 Å². The SMILES string of the molecule is COc1ccc(-c2noc(CNc3ccc(Br)c(C(F)(F)F)c3)n2)cc1OC. The van der Waals surface area contributed by atoms with Gasteiger partial charge in [0.2, 0.25) is 11.7 Å². The molecule has 148 valence electrons. The maximum Gasteiger partial charge on any atom is 0.417 e. The van der Waals surface area contributed by atoms with E-state index in [-0.39, 0.29) is 22.6 Å². The van der Waals surface area contributed by atoms with E-state index in [0.29, 0.717) is 22.9 Å². The molecule has 10 heteroatoms. The number of benzene rings is 2. The Morgan fingerprint density at radius 1 is 1.07 bits per heavy atom. The van der Waals surface area contributed by atoms with Crippen LogP contribution in [0.2, 0.25) is 0 Å². The number of halogens is 4. The number of nitrogens with zero attached hydrogens (tertiary/aromatic N) is 2. The van der Waals surface area contributed by atoms with Gasteiger partial charge < -0.3 is 19.3 Å². The fraction of sp³-hybridized carbons (Fsp3) is 0.222. The molecule has 0 aliphatic heterocycles. The molecular formula is C18H15BrF3N3O3. The summed E-state index contributed by atoms with van der Waals surface area (Å²) in [7, 11) is 3.04. The summed E-state index contributed by atoms with van der Waals surface area (Å²) in [5, 5.41) is 6.74. The minimum atomic E-state index is -4.46. The molecule has 6 nitrogen and oxygen atoms in total. The number of hydrogen-bond acceptors (Lipinski definition) is 6. The third-order valence-electron chi connectivity index (χ3n) is 3.83. The maximum atomic E-state index is 13.0. The van der Waals surface area contributed by atoms with Crippen LogP contribution in [0.5, 0.6) is 11.5 Å². The highest BCUT2D eigenvalue weighted by Crippen LogP contribution is 2.36. The number of nitrogens with one attached hydrogen (secondary N) is 1. The number of ether oxygens (including phenoxy) is 2. The predicted octanol–water partition coefficient (Wildman–Crippen LogP) is 5.15. The fourth-order valence-corrected chi connectivity index (χ4v) is 2.92. The first kappa shape index (κ1) is 20.0. The van der Waals surface area contributed by atoms with Gasteiger partial charge in [-0.05, 0) is 36.4 Å². The number of hydrogen-bond donors (Lipinski definition) is 1. The van der Waals surface area contributed by atoms with Gasteiger partial charge in [-0.3, -0.25) is 0 Å². The van der Waals surface area contributed by atoms with Crippen molar-refractivity contribution in [2.75, 3.05) is 19.5 Å². The summed E-state index contributed by atoms with van der Waals surface area (Å²) in [5.41, 5.74) is 0.158. The van der Waals surface area contributed by atoms with Gasteiger partial charge in [-0.2, -0.15) is 18.2 Å². The van der Waals surface area contributed by atoms with Crippen molar-refractivity contribution in [2.24, 2.45) is 0 Å². The van der Waals surface area contributed by atoms with Crippen LogP contribution in [0.4, 0.5) is 18.9 Å². The number of aromatic nitrogens is 2.